The number of nitrogens with zero attached hydrogens (tertiary/aromatic N) is 1. The zero-order chi connectivity index (χ0) is 15.7. The minimum absolute atomic E-state index is 0.0328. The van der Waals surface area contributed by atoms with E-state index in [9.17, 15) is 4.79 Å². The molecule has 2 aromatic rings. The second-order valence-corrected chi connectivity index (χ2v) is 5.24. The van der Waals surface area contributed by atoms with Gasteiger partial charge in [0, 0.05) is 5.22 Å². The van der Waals surface area contributed by atoms with Gasteiger partial charge in [-0.1, -0.05) is 0 Å². The molecular weight excluding hydrogens is 282 g/mol. The van der Waals surface area contributed by atoms with Crippen LogP contribution in [-0.4, -0.2) is 23.4 Å². The van der Waals surface area contributed by atoms with Crippen molar-refractivity contribution in [2.75, 3.05) is 7.11 Å². The summed E-state index contributed by atoms with van der Waals surface area (Å²) in [7, 11) is 1.62. The lowest BCUT2D eigenvalue weighted by Crippen LogP contribution is -2.20. The van der Waals surface area contributed by atoms with Gasteiger partial charge in [0.2, 0.25) is 5.88 Å². The van der Waals surface area contributed by atoms with E-state index < -0.39 is 0 Å². The van der Waals surface area contributed by atoms with Gasteiger partial charge in [-0.05, 0) is 44.2 Å². The van der Waals surface area contributed by atoms with Gasteiger partial charge >= 0.3 is 0 Å². The van der Waals surface area contributed by atoms with Gasteiger partial charge in [0.25, 0.3) is 5.56 Å². The first kappa shape index (κ1) is 14.2. The van der Waals surface area contributed by atoms with Crippen molar-refractivity contribution in [2.24, 2.45) is 4.99 Å². The first-order valence-electron chi connectivity index (χ1n) is 7.00. The number of benzene rings is 1. The molecule has 1 aliphatic rings. The highest BCUT2D eigenvalue weighted by Crippen LogP contribution is 2.17. The Balaban J connectivity index is 2.03. The van der Waals surface area contributed by atoms with Gasteiger partial charge in [0.15, 0.2) is 0 Å². The fourth-order valence-electron chi connectivity index (χ4n) is 2.24. The van der Waals surface area contributed by atoms with E-state index in [-0.39, 0.29) is 11.7 Å². The van der Waals surface area contributed by atoms with E-state index in [2.05, 4.69) is 15.2 Å². The van der Waals surface area contributed by atoms with Crippen LogP contribution in [0, 0.1) is 0 Å². The molecule has 1 aliphatic heterocycles. The fourth-order valence-corrected chi connectivity index (χ4v) is 2.24. The molecule has 3 rings (SSSR count). The third-order valence-electron chi connectivity index (χ3n) is 3.21. The van der Waals surface area contributed by atoms with Crippen molar-refractivity contribution in [3.05, 3.63) is 50.4 Å². The maximum absolute atomic E-state index is 11.9. The number of methoxy groups -OCH3 is 1. The highest BCUT2D eigenvalue weighted by molar-refractivity contribution is 5.67. The summed E-state index contributed by atoms with van der Waals surface area (Å²) in [6.45, 7) is 3.80. The van der Waals surface area contributed by atoms with Crippen LogP contribution in [-0.2, 0) is 0 Å². The van der Waals surface area contributed by atoms with Crippen molar-refractivity contribution >= 4 is 12.2 Å². The number of ether oxygens (including phenoxy) is 2. The Kier molecular flexibility index (Phi) is 3.58. The minimum atomic E-state index is -0.236. The van der Waals surface area contributed by atoms with Crippen molar-refractivity contribution < 1.29 is 9.47 Å². The van der Waals surface area contributed by atoms with E-state index in [0.29, 0.717) is 17.1 Å². The zero-order valence-electron chi connectivity index (χ0n) is 12.6. The lowest BCUT2D eigenvalue weighted by molar-refractivity contribution is 0.232. The summed E-state index contributed by atoms with van der Waals surface area (Å²) in [5.41, 5.74) is 0.894. The number of allylic oxidation sites excluding steroid dienone is 1. The molecule has 0 spiro atoms. The Morgan fingerprint density at radius 1 is 1.27 bits per heavy atom. The Hall–Kier alpha value is -2.76. The molecule has 0 amide bonds. The SMILES string of the molecule is COc1ccc2c(c1)=C/C(=C\c1c(OC(C)C)[nH][nH]c1=O)N=2. The van der Waals surface area contributed by atoms with Crippen molar-refractivity contribution in [3.63, 3.8) is 0 Å². The molecular formula is C16H17N3O3. The maximum Gasteiger partial charge on any atom is 0.275 e. The van der Waals surface area contributed by atoms with Crippen LogP contribution in [0.2, 0.25) is 0 Å². The summed E-state index contributed by atoms with van der Waals surface area (Å²) in [6.07, 6.45) is 3.58. The smallest absolute Gasteiger partial charge is 0.275 e. The summed E-state index contributed by atoms with van der Waals surface area (Å²) < 4.78 is 10.8. The zero-order valence-corrected chi connectivity index (χ0v) is 12.6. The van der Waals surface area contributed by atoms with Crippen LogP contribution >= 0.6 is 0 Å². The van der Waals surface area contributed by atoms with Crippen molar-refractivity contribution in [1.29, 1.82) is 0 Å². The Morgan fingerprint density at radius 2 is 2.09 bits per heavy atom. The summed E-state index contributed by atoms with van der Waals surface area (Å²) in [5, 5.41) is 7.08. The molecule has 0 radical (unpaired) electrons. The van der Waals surface area contributed by atoms with Gasteiger partial charge in [0.05, 0.1) is 24.3 Å². The number of hydrogen-bond donors (Lipinski definition) is 2. The van der Waals surface area contributed by atoms with Gasteiger partial charge < -0.3 is 9.47 Å². The normalized spacial score (nSPS) is 14.6. The molecule has 0 saturated heterocycles. The quantitative estimate of drug-likeness (QED) is 0.882. The largest absolute Gasteiger partial charge is 0.497 e. The summed E-state index contributed by atoms with van der Waals surface area (Å²) in [4.78, 5) is 16.4. The molecule has 0 atom stereocenters. The molecule has 22 heavy (non-hydrogen) atoms. The number of aromatic nitrogens is 2. The Morgan fingerprint density at radius 3 is 2.82 bits per heavy atom. The van der Waals surface area contributed by atoms with Crippen molar-refractivity contribution in [1.82, 2.24) is 10.2 Å². The van der Waals surface area contributed by atoms with Crippen LogP contribution in [0.1, 0.15) is 19.4 Å². The predicted molar refractivity (Wildman–Crippen MR) is 83.4 cm³/mol. The number of nitrogens with one attached hydrogen (secondary N) is 2. The molecule has 0 unspecified atom stereocenters. The summed E-state index contributed by atoms with van der Waals surface area (Å²) in [6, 6.07) is 5.65. The van der Waals surface area contributed by atoms with Crippen LogP contribution in [0.5, 0.6) is 11.6 Å². The first-order valence-corrected chi connectivity index (χ1v) is 7.00. The molecule has 6 nitrogen and oxygen atoms in total. The van der Waals surface area contributed by atoms with E-state index in [4.69, 9.17) is 9.47 Å². The third-order valence-corrected chi connectivity index (χ3v) is 3.21. The monoisotopic (exact) mass is 299 g/mol. The van der Waals surface area contributed by atoms with Crippen LogP contribution in [0.3, 0.4) is 0 Å². The van der Waals surface area contributed by atoms with E-state index >= 15 is 0 Å². The van der Waals surface area contributed by atoms with Gasteiger partial charge in [0.1, 0.15) is 11.3 Å². The van der Waals surface area contributed by atoms with Gasteiger partial charge in [-0.2, -0.15) is 0 Å². The number of H-pyrrole nitrogens is 2. The molecule has 2 heterocycles. The third kappa shape index (κ3) is 2.67. The predicted octanol–water partition coefficient (Wildman–Crippen LogP) is 0.954. The second-order valence-electron chi connectivity index (χ2n) is 5.24. The molecule has 0 fully saturated rings. The molecule has 1 aromatic heterocycles. The Labute approximate surface area is 126 Å². The van der Waals surface area contributed by atoms with E-state index in [1.165, 1.54) is 0 Å². The molecule has 114 valence electrons. The fraction of sp³-hybridized carbons (Fsp3) is 0.250. The van der Waals surface area contributed by atoms with Crippen molar-refractivity contribution in [2.45, 2.75) is 20.0 Å². The van der Waals surface area contributed by atoms with E-state index in [1.807, 2.05) is 38.1 Å². The molecule has 0 aliphatic carbocycles. The molecule has 0 bridgehead atoms. The topological polar surface area (TPSA) is 79.5 Å². The molecule has 2 N–H and O–H groups in total. The number of rotatable bonds is 4. The van der Waals surface area contributed by atoms with Crippen molar-refractivity contribution in [3.8, 4) is 11.6 Å². The lowest BCUT2D eigenvalue weighted by Gasteiger charge is -2.07. The van der Waals surface area contributed by atoms with E-state index in [0.717, 1.165) is 16.3 Å². The van der Waals surface area contributed by atoms with Crippen LogP contribution in [0.25, 0.3) is 12.2 Å². The second kappa shape index (κ2) is 5.55. The average Bonchev–Trinajstić information content (AvgIpc) is 3.03. The maximum atomic E-state index is 11.9. The molecule has 1 aromatic carbocycles. The Bertz CT molecular complexity index is 903. The van der Waals surface area contributed by atoms with Gasteiger partial charge in [-0.25, -0.2) is 4.99 Å². The lowest BCUT2D eigenvalue weighted by atomic mass is 10.2. The van der Waals surface area contributed by atoms with Crippen LogP contribution < -0.4 is 25.6 Å². The average molecular weight is 299 g/mol. The molecule has 6 heteroatoms. The number of hydrogen-bond acceptors (Lipinski definition) is 4. The minimum Gasteiger partial charge on any atom is -0.497 e. The van der Waals surface area contributed by atoms with Gasteiger partial charge in [-0.3, -0.25) is 15.0 Å². The summed E-state index contributed by atoms with van der Waals surface area (Å²) >= 11 is 0. The van der Waals surface area contributed by atoms with Crippen LogP contribution in [0.4, 0.5) is 0 Å². The first-order chi connectivity index (χ1) is 10.6. The van der Waals surface area contributed by atoms with Crippen LogP contribution in [0.15, 0.2) is 33.7 Å². The summed E-state index contributed by atoms with van der Waals surface area (Å²) in [5.74, 6) is 1.19. The van der Waals surface area contributed by atoms with Gasteiger partial charge in [-0.15, -0.1) is 0 Å². The number of aromatic amines is 2. The van der Waals surface area contributed by atoms with E-state index in [1.54, 1.807) is 13.2 Å². The number of fused-ring (bicyclic) bond motifs is 1. The highest BCUT2D eigenvalue weighted by atomic mass is 16.5. The standard InChI is InChI=1S/C16H17N3O3/c1-9(2)22-16-13(15(20)18-19-16)8-11-6-10-7-12(21-3)4-5-14(10)17-11/h4-9H,1-3H3,(H2,18,19,20)/b11-8+. The highest BCUT2D eigenvalue weighted by Gasteiger charge is 2.12. The molecule has 0 saturated carbocycles.